The van der Waals surface area contributed by atoms with Crippen LogP contribution in [0.1, 0.15) is 14.7 Å². The predicted octanol–water partition coefficient (Wildman–Crippen LogP) is 1.93. The minimum atomic E-state index is -0.0916. The average molecular weight is 299 g/mol. The number of pyridine rings is 1. The van der Waals surface area contributed by atoms with Crippen molar-refractivity contribution in [1.29, 1.82) is 0 Å². The minimum absolute atomic E-state index is 0.0916. The van der Waals surface area contributed by atoms with Crippen molar-refractivity contribution in [2.75, 3.05) is 0 Å². The summed E-state index contributed by atoms with van der Waals surface area (Å²) in [6, 6.07) is 3.18. The molecule has 0 aliphatic heterocycles. The van der Waals surface area contributed by atoms with Crippen LogP contribution in [0.3, 0.4) is 0 Å². The van der Waals surface area contributed by atoms with Gasteiger partial charge in [-0.1, -0.05) is 0 Å². The van der Waals surface area contributed by atoms with Crippen molar-refractivity contribution in [3.8, 4) is 0 Å². The van der Waals surface area contributed by atoms with Gasteiger partial charge in [-0.2, -0.15) is 0 Å². The van der Waals surface area contributed by atoms with Crippen LogP contribution in [0.25, 0.3) is 0 Å². The van der Waals surface area contributed by atoms with Crippen molar-refractivity contribution in [1.82, 2.24) is 9.55 Å². The molecule has 0 unspecified atom stereocenters. The maximum absolute atomic E-state index is 11.5. The van der Waals surface area contributed by atoms with Crippen LogP contribution >= 0.6 is 27.3 Å². The molecule has 0 saturated heterocycles. The maximum Gasteiger partial charge on any atom is 0.250 e. The SMILES string of the molecule is O=Cc1cnc(Cn2cc(Br)ccc2=O)s1. The third kappa shape index (κ3) is 2.45. The van der Waals surface area contributed by atoms with Gasteiger partial charge in [0.2, 0.25) is 0 Å². The molecule has 0 bridgehead atoms. The molecule has 0 spiro atoms. The molecule has 2 aromatic heterocycles. The van der Waals surface area contributed by atoms with Crippen LogP contribution in [0, 0.1) is 0 Å². The summed E-state index contributed by atoms with van der Waals surface area (Å²) >= 11 is 4.58. The van der Waals surface area contributed by atoms with Crippen molar-refractivity contribution in [2.24, 2.45) is 0 Å². The van der Waals surface area contributed by atoms with Crippen LogP contribution in [-0.4, -0.2) is 15.8 Å². The van der Waals surface area contributed by atoms with E-state index in [-0.39, 0.29) is 5.56 Å². The Morgan fingerprint density at radius 2 is 2.31 bits per heavy atom. The Kier molecular flexibility index (Phi) is 3.31. The minimum Gasteiger partial charge on any atom is -0.308 e. The number of aldehydes is 1. The van der Waals surface area contributed by atoms with Gasteiger partial charge in [0, 0.05) is 22.9 Å². The lowest BCUT2D eigenvalue weighted by atomic mass is 10.4. The molecular formula is C10H7BrN2O2S. The summed E-state index contributed by atoms with van der Waals surface area (Å²) in [4.78, 5) is 26.6. The number of halogens is 1. The molecule has 0 atom stereocenters. The number of carbonyl (C=O) groups is 1. The van der Waals surface area contributed by atoms with E-state index in [2.05, 4.69) is 20.9 Å². The van der Waals surface area contributed by atoms with Crippen molar-refractivity contribution >= 4 is 33.6 Å². The van der Waals surface area contributed by atoms with E-state index in [1.165, 1.54) is 28.2 Å². The number of aromatic nitrogens is 2. The van der Waals surface area contributed by atoms with Gasteiger partial charge in [-0.3, -0.25) is 9.59 Å². The van der Waals surface area contributed by atoms with E-state index in [0.29, 0.717) is 11.4 Å². The summed E-state index contributed by atoms with van der Waals surface area (Å²) < 4.78 is 2.37. The van der Waals surface area contributed by atoms with Gasteiger partial charge in [0.25, 0.3) is 5.56 Å². The van der Waals surface area contributed by atoms with E-state index >= 15 is 0 Å². The third-order valence-corrected chi connectivity index (χ3v) is 3.32. The van der Waals surface area contributed by atoms with Gasteiger partial charge < -0.3 is 4.57 Å². The van der Waals surface area contributed by atoms with E-state index < -0.39 is 0 Å². The molecule has 0 aromatic carbocycles. The second-order valence-corrected chi connectivity index (χ2v) is 5.15. The predicted molar refractivity (Wildman–Crippen MR) is 65.0 cm³/mol. The summed E-state index contributed by atoms with van der Waals surface area (Å²) in [5.41, 5.74) is -0.0916. The Hall–Kier alpha value is -1.27. The van der Waals surface area contributed by atoms with Gasteiger partial charge >= 0.3 is 0 Å². The fraction of sp³-hybridized carbons (Fsp3) is 0.100. The Morgan fingerprint density at radius 1 is 1.50 bits per heavy atom. The number of thiazole rings is 1. The standard InChI is InChI=1S/C10H7BrN2O2S/c11-7-1-2-10(15)13(4-7)5-9-12-3-8(6-14)16-9/h1-4,6H,5H2. The first-order valence-corrected chi connectivity index (χ1v) is 6.06. The van der Waals surface area contributed by atoms with E-state index in [9.17, 15) is 9.59 Å². The molecule has 0 amide bonds. The molecule has 6 heteroatoms. The highest BCUT2D eigenvalue weighted by Gasteiger charge is 2.03. The second-order valence-electron chi connectivity index (χ2n) is 3.09. The summed E-state index contributed by atoms with van der Waals surface area (Å²) in [6.07, 6.45) is 3.96. The highest BCUT2D eigenvalue weighted by molar-refractivity contribution is 9.10. The molecule has 0 radical (unpaired) electrons. The fourth-order valence-corrected chi connectivity index (χ4v) is 2.34. The van der Waals surface area contributed by atoms with Crippen molar-refractivity contribution in [3.05, 3.63) is 49.2 Å². The largest absolute Gasteiger partial charge is 0.308 e. The molecule has 0 aliphatic carbocycles. The topological polar surface area (TPSA) is 52.0 Å². The first-order chi connectivity index (χ1) is 7.69. The Labute approximate surface area is 104 Å². The molecule has 0 aliphatic rings. The molecule has 82 valence electrons. The summed E-state index contributed by atoms with van der Waals surface area (Å²) in [5, 5.41) is 0.738. The van der Waals surface area contributed by atoms with Crippen LogP contribution in [0.15, 0.2) is 33.8 Å². The summed E-state index contributed by atoms with van der Waals surface area (Å²) in [5.74, 6) is 0. The van der Waals surface area contributed by atoms with Gasteiger partial charge in [0.05, 0.1) is 11.4 Å². The normalized spacial score (nSPS) is 10.3. The third-order valence-electron chi connectivity index (χ3n) is 1.94. The Balaban J connectivity index is 2.29. The number of rotatable bonds is 3. The molecule has 2 rings (SSSR count). The lowest BCUT2D eigenvalue weighted by molar-refractivity contribution is 0.112. The van der Waals surface area contributed by atoms with E-state index in [1.54, 1.807) is 12.3 Å². The zero-order chi connectivity index (χ0) is 11.5. The molecule has 0 fully saturated rings. The zero-order valence-electron chi connectivity index (χ0n) is 8.09. The van der Waals surface area contributed by atoms with Gasteiger partial charge in [-0.25, -0.2) is 4.98 Å². The number of nitrogens with zero attached hydrogens (tertiary/aromatic N) is 2. The van der Waals surface area contributed by atoms with Crippen LogP contribution in [0.4, 0.5) is 0 Å². The van der Waals surface area contributed by atoms with Gasteiger partial charge in [-0.05, 0) is 22.0 Å². The maximum atomic E-state index is 11.5. The second kappa shape index (κ2) is 4.71. The zero-order valence-corrected chi connectivity index (χ0v) is 10.5. The molecule has 2 aromatic rings. The number of hydrogen-bond donors (Lipinski definition) is 0. The van der Waals surface area contributed by atoms with Crippen LogP contribution < -0.4 is 5.56 Å². The molecular weight excluding hydrogens is 292 g/mol. The van der Waals surface area contributed by atoms with Gasteiger partial charge in [0.1, 0.15) is 5.01 Å². The summed E-state index contributed by atoms with van der Waals surface area (Å²) in [6.45, 7) is 0.386. The van der Waals surface area contributed by atoms with Gasteiger partial charge in [-0.15, -0.1) is 11.3 Å². The van der Waals surface area contributed by atoms with E-state index in [0.717, 1.165) is 15.8 Å². The lowest BCUT2D eigenvalue weighted by Crippen LogP contribution is -2.18. The van der Waals surface area contributed by atoms with Crippen LogP contribution in [0.5, 0.6) is 0 Å². The molecule has 16 heavy (non-hydrogen) atoms. The number of carbonyl (C=O) groups excluding carboxylic acids is 1. The molecule has 0 saturated carbocycles. The van der Waals surface area contributed by atoms with Crippen LogP contribution in [0.2, 0.25) is 0 Å². The molecule has 4 nitrogen and oxygen atoms in total. The van der Waals surface area contributed by atoms with Crippen molar-refractivity contribution in [2.45, 2.75) is 6.54 Å². The lowest BCUT2D eigenvalue weighted by Gasteiger charge is -2.02. The first kappa shape index (κ1) is 11.2. The number of hydrogen-bond acceptors (Lipinski definition) is 4. The summed E-state index contributed by atoms with van der Waals surface area (Å²) in [7, 11) is 0. The molecule has 0 N–H and O–H groups in total. The smallest absolute Gasteiger partial charge is 0.250 e. The average Bonchev–Trinajstić information content (AvgIpc) is 2.71. The Morgan fingerprint density at radius 3 is 3.00 bits per heavy atom. The van der Waals surface area contributed by atoms with Gasteiger partial charge in [0.15, 0.2) is 6.29 Å². The van der Waals surface area contributed by atoms with Crippen molar-refractivity contribution < 1.29 is 4.79 Å². The quantitative estimate of drug-likeness (QED) is 0.814. The highest BCUT2D eigenvalue weighted by atomic mass is 79.9. The van der Waals surface area contributed by atoms with E-state index in [1.807, 2.05) is 0 Å². The highest BCUT2D eigenvalue weighted by Crippen LogP contribution is 2.12. The first-order valence-electron chi connectivity index (χ1n) is 4.45. The molecule has 2 heterocycles. The van der Waals surface area contributed by atoms with Crippen molar-refractivity contribution in [3.63, 3.8) is 0 Å². The van der Waals surface area contributed by atoms with E-state index in [4.69, 9.17) is 0 Å². The Bertz CT molecular complexity index is 576. The fourth-order valence-electron chi connectivity index (χ4n) is 1.22. The monoisotopic (exact) mass is 298 g/mol. The van der Waals surface area contributed by atoms with Crippen LogP contribution in [-0.2, 0) is 6.54 Å².